The van der Waals surface area contributed by atoms with Gasteiger partial charge in [0.25, 0.3) is 0 Å². The van der Waals surface area contributed by atoms with Gasteiger partial charge in [0.05, 0.1) is 0 Å². The summed E-state index contributed by atoms with van der Waals surface area (Å²) in [4.78, 5) is 0. The zero-order valence-corrected chi connectivity index (χ0v) is 12.6. The van der Waals surface area contributed by atoms with Crippen LogP contribution in [0, 0.1) is 0 Å². The van der Waals surface area contributed by atoms with E-state index in [2.05, 4.69) is 6.08 Å². The van der Waals surface area contributed by atoms with Crippen molar-refractivity contribution in [3.8, 4) is 0 Å². The molecule has 14 heavy (non-hydrogen) atoms. The molecule has 0 aromatic carbocycles. The van der Waals surface area contributed by atoms with Crippen molar-refractivity contribution in [2.45, 2.75) is 34.6 Å². The second-order valence-electron chi connectivity index (χ2n) is 7.88. The second kappa shape index (κ2) is 2.57. The molecule has 0 aliphatic heterocycles. The van der Waals surface area contributed by atoms with Crippen LogP contribution < -0.4 is 0 Å². The van der Waals surface area contributed by atoms with E-state index in [-0.39, 0.29) is 24.8 Å². The molecule has 1 nitrogen and oxygen atoms in total. The van der Waals surface area contributed by atoms with Gasteiger partial charge in [-0.2, -0.15) is 0 Å². The molecule has 0 saturated heterocycles. The van der Waals surface area contributed by atoms with Crippen molar-refractivity contribution in [3.05, 3.63) is 22.5 Å². The van der Waals surface area contributed by atoms with Gasteiger partial charge in [0.1, 0.15) is 0 Å². The average Bonchev–Trinajstić information content (AvgIpc) is 1.99. The average molecular weight is 280 g/mol. The van der Waals surface area contributed by atoms with E-state index in [1.54, 1.807) is 0 Å². The zero-order valence-electron chi connectivity index (χ0n) is 9.61. The first-order chi connectivity index (χ1) is 4.80. The monoisotopic (exact) mass is 279 g/mol. The van der Waals surface area contributed by atoms with E-state index in [4.69, 9.17) is 0 Å². The van der Waals surface area contributed by atoms with E-state index in [0.29, 0.717) is 0 Å². The predicted octanol–water partition coefficient (Wildman–Crippen LogP) is 5.02. The molecule has 1 rings (SSSR count). The van der Waals surface area contributed by atoms with Crippen LogP contribution in [0.3, 0.4) is 0 Å². The topological polar surface area (TPSA) is 17.1 Å². The normalized spacial score (nSPS) is 22.9. The van der Waals surface area contributed by atoms with Crippen molar-refractivity contribution < 1.29 is 14.3 Å². The van der Waals surface area contributed by atoms with Crippen LogP contribution in [0.1, 0.15) is 6.42 Å². The summed E-state index contributed by atoms with van der Waals surface area (Å²) < 4.78 is 14.2. The van der Waals surface area contributed by atoms with Gasteiger partial charge < -0.3 is 0 Å². The zero-order chi connectivity index (χ0) is 9.78. The fourth-order valence-corrected chi connectivity index (χ4v) is 4.43. The Morgan fingerprint density at radius 1 is 1.07 bits per heavy atom. The van der Waals surface area contributed by atoms with Gasteiger partial charge in [0.2, 0.25) is 0 Å². The molecule has 1 aliphatic rings. The SMILES string of the molecule is Cl.Cl.[CH3][V]([CH3])([CH3])([CH3])([CH3])(=[O])[C]1=CC=CC1. The van der Waals surface area contributed by atoms with Gasteiger partial charge in [-0.1, -0.05) is 0 Å². The van der Waals surface area contributed by atoms with Gasteiger partial charge in [-0.3, -0.25) is 0 Å². The van der Waals surface area contributed by atoms with Crippen LogP contribution in [0.2, 0.25) is 28.2 Å². The van der Waals surface area contributed by atoms with Crippen molar-refractivity contribution >= 4 is 24.8 Å². The molecule has 0 heterocycles. The van der Waals surface area contributed by atoms with Crippen LogP contribution in [0.25, 0.3) is 0 Å². The molecule has 1 aliphatic carbocycles. The van der Waals surface area contributed by atoms with Crippen LogP contribution in [0.4, 0.5) is 0 Å². The molecule has 0 aromatic rings. The van der Waals surface area contributed by atoms with Gasteiger partial charge >= 0.3 is 71.4 Å². The minimum atomic E-state index is -4.31. The number of hydrogen-bond acceptors (Lipinski definition) is 1. The standard InChI is InChI=1S/C5H5.5CH3.2ClH.O.V/c1-2-4-5-3-1;;;;;;;;;/h1-3H,4H2;5*1H3;2*1H;;. The van der Waals surface area contributed by atoms with Crippen molar-refractivity contribution in [1.82, 2.24) is 0 Å². The molecule has 0 bridgehead atoms. The van der Waals surface area contributed by atoms with Crippen LogP contribution in [0.5, 0.6) is 0 Å². The van der Waals surface area contributed by atoms with Gasteiger partial charge in [-0.25, -0.2) is 0 Å². The summed E-state index contributed by atoms with van der Waals surface area (Å²) in [6.07, 6.45) is 6.93. The molecular weight excluding hydrogens is 258 g/mol. The number of rotatable bonds is 1. The molecule has 0 radical (unpaired) electrons. The van der Waals surface area contributed by atoms with Crippen molar-refractivity contribution in [3.63, 3.8) is 0 Å². The van der Waals surface area contributed by atoms with Gasteiger partial charge in [-0.05, 0) is 0 Å². The predicted molar refractivity (Wildman–Crippen MR) is 66.3 cm³/mol. The molecule has 0 atom stereocenters. The molecule has 87 valence electrons. The molecule has 4 heteroatoms. The Morgan fingerprint density at radius 2 is 1.50 bits per heavy atom. The van der Waals surface area contributed by atoms with Crippen molar-refractivity contribution in [2.24, 2.45) is 0 Å². The molecule has 0 aromatic heterocycles. The number of hydrogen-bond donors (Lipinski definition) is 0. The fourth-order valence-electron chi connectivity index (χ4n) is 1.33. The third-order valence-corrected chi connectivity index (χ3v) is 7.67. The van der Waals surface area contributed by atoms with E-state index < -0.39 is 10.6 Å². The fraction of sp³-hybridized carbons (Fsp3) is 0.600. The Hall–Kier alpha value is 0.444. The summed E-state index contributed by atoms with van der Waals surface area (Å²) in [7, 11) is -4.31. The summed E-state index contributed by atoms with van der Waals surface area (Å²) in [5.41, 5.74) is 9.66. The maximum atomic E-state index is 13.1. The Morgan fingerprint density at radius 3 is 1.64 bits per heavy atom. The minimum absolute atomic E-state index is 0. The maximum absolute atomic E-state index is 13.1. The van der Waals surface area contributed by atoms with E-state index >= 15 is 0 Å². The third kappa shape index (κ3) is 4.31. The second-order valence-corrected chi connectivity index (χ2v) is 29.4. The van der Waals surface area contributed by atoms with E-state index in [9.17, 15) is 3.67 Å². The first kappa shape index (κ1) is 16.9. The van der Waals surface area contributed by atoms with Crippen LogP contribution >= 0.6 is 24.8 Å². The van der Waals surface area contributed by atoms with Crippen LogP contribution in [-0.2, 0) is 14.3 Å². The molecule has 0 N–H and O–H groups in total. The molecule has 0 amide bonds. The number of halogens is 2. The quantitative estimate of drug-likeness (QED) is 0.659. The molecule has 0 saturated carbocycles. The Kier molecular flexibility index (Phi) is 3.10. The van der Waals surface area contributed by atoms with E-state index in [0.717, 1.165) is 10.7 Å². The van der Waals surface area contributed by atoms with Gasteiger partial charge in [0, 0.05) is 0 Å². The Labute approximate surface area is 95.9 Å². The summed E-state index contributed by atoms with van der Waals surface area (Å²) in [5, 5.41) is 0. The van der Waals surface area contributed by atoms with E-state index in [1.165, 1.54) is 0 Å². The molecule has 0 spiro atoms. The van der Waals surface area contributed by atoms with Crippen LogP contribution in [-0.4, -0.2) is 0 Å². The van der Waals surface area contributed by atoms with Gasteiger partial charge in [0.15, 0.2) is 0 Å². The summed E-state index contributed by atoms with van der Waals surface area (Å²) >= 11 is 0. The van der Waals surface area contributed by atoms with E-state index in [1.807, 2.05) is 40.3 Å². The summed E-state index contributed by atoms with van der Waals surface area (Å²) in [6, 6.07) is 0. The molecule has 0 unspecified atom stereocenters. The summed E-state index contributed by atoms with van der Waals surface area (Å²) in [5.74, 6) is 0. The first-order valence-electron chi connectivity index (χ1n) is 4.36. The summed E-state index contributed by atoms with van der Waals surface area (Å²) in [6.45, 7) is 0. The Balaban J connectivity index is 0. The first-order valence-corrected chi connectivity index (χ1v) is 12.6. The Bertz CT molecular complexity index is 381. The third-order valence-electron chi connectivity index (χ3n) is 2.31. The van der Waals surface area contributed by atoms with Crippen molar-refractivity contribution in [1.29, 1.82) is 0 Å². The van der Waals surface area contributed by atoms with Crippen molar-refractivity contribution in [2.75, 3.05) is 0 Å². The van der Waals surface area contributed by atoms with Gasteiger partial charge in [-0.15, -0.1) is 24.8 Å². The van der Waals surface area contributed by atoms with Crippen LogP contribution in [0.15, 0.2) is 22.5 Å². The molecule has 0 fully saturated rings. The molecular formula is C10H22Cl2OV. The number of allylic oxidation sites excluding steroid dienone is 4.